The first-order chi connectivity index (χ1) is 8.69. The van der Waals surface area contributed by atoms with Crippen LogP contribution in [0.4, 0.5) is 8.78 Å². The van der Waals surface area contributed by atoms with Crippen LogP contribution in [-0.2, 0) is 10.3 Å². The number of carbonyl (C=O) groups is 1. The Morgan fingerprint density at radius 1 is 1.53 bits per heavy atom. The number of rotatable bonds is 4. The molecule has 2 rings (SSSR count). The SMILES string of the molecule is CC(C)(NC(=O)C(F)(F)C1(O)CCC1)c1nccs1. The lowest BCUT2D eigenvalue weighted by Crippen LogP contribution is -2.62. The summed E-state index contributed by atoms with van der Waals surface area (Å²) >= 11 is 1.28. The van der Waals surface area contributed by atoms with Crippen LogP contribution in [0.3, 0.4) is 0 Å². The number of nitrogens with one attached hydrogen (secondary N) is 1. The fourth-order valence-corrected chi connectivity index (χ4v) is 2.70. The summed E-state index contributed by atoms with van der Waals surface area (Å²) in [5.41, 5.74) is -3.19. The van der Waals surface area contributed by atoms with E-state index in [1.807, 2.05) is 0 Å². The molecule has 2 N–H and O–H groups in total. The van der Waals surface area contributed by atoms with Crippen molar-refractivity contribution in [1.82, 2.24) is 10.3 Å². The van der Waals surface area contributed by atoms with Crippen LogP contribution in [0.1, 0.15) is 38.1 Å². The molecule has 0 atom stereocenters. The molecule has 0 aliphatic heterocycles. The van der Waals surface area contributed by atoms with Crippen molar-refractivity contribution in [3.05, 3.63) is 16.6 Å². The van der Waals surface area contributed by atoms with Crippen LogP contribution in [0.15, 0.2) is 11.6 Å². The number of amides is 1. The number of nitrogens with zero attached hydrogens (tertiary/aromatic N) is 1. The van der Waals surface area contributed by atoms with E-state index in [1.54, 1.807) is 25.4 Å². The molecule has 1 aromatic rings. The van der Waals surface area contributed by atoms with Crippen molar-refractivity contribution in [2.75, 3.05) is 0 Å². The molecule has 0 aromatic carbocycles. The second-order valence-electron chi connectivity index (χ2n) is 5.38. The minimum absolute atomic E-state index is 0.0505. The Balaban J connectivity index is 2.13. The van der Waals surface area contributed by atoms with Gasteiger partial charge in [-0.2, -0.15) is 8.78 Å². The molecule has 1 fully saturated rings. The van der Waals surface area contributed by atoms with Gasteiger partial charge in [0.1, 0.15) is 10.6 Å². The maximum absolute atomic E-state index is 13.9. The lowest BCUT2D eigenvalue weighted by Gasteiger charge is -2.42. The number of alkyl halides is 2. The first-order valence-electron chi connectivity index (χ1n) is 6.02. The number of thiazole rings is 1. The van der Waals surface area contributed by atoms with Gasteiger partial charge in [0.2, 0.25) is 0 Å². The minimum Gasteiger partial charge on any atom is -0.383 e. The van der Waals surface area contributed by atoms with Crippen LogP contribution in [0, 0.1) is 0 Å². The van der Waals surface area contributed by atoms with E-state index in [2.05, 4.69) is 10.3 Å². The highest BCUT2D eigenvalue weighted by molar-refractivity contribution is 7.09. The molecule has 0 saturated heterocycles. The fraction of sp³-hybridized carbons (Fsp3) is 0.667. The number of aliphatic hydroxyl groups is 1. The number of hydrogen-bond donors (Lipinski definition) is 2. The predicted molar refractivity (Wildman–Crippen MR) is 67.0 cm³/mol. The summed E-state index contributed by atoms with van der Waals surface area (Å²) in [6.07, 6.45) is 1.96. The minimum atomic E-state index is -3.78. The molecule has 1 heterocycles. The van der Waals surface area contributed by atoms with Crippen LogP contribution in [0.25, 0.3) is 0 Å². The van der Waals surface area contributed by atoms with Gasteiger partial charge in [0.05, 0.1) is 5.54 Å². The van der Waals surface area contributed by atoms with E-state index in [1.165, 1.54) is 11.3 Å². The van der Waals surface area contributed by atoms with Gasteiger partial charge in [0.25, 0.3) is 5.91 Å². The summed E-state index contributed by atoms with van der Waals surface area (Å²) in [5.74, 6) is -5.23. The molecule has 4 nitrogen and oxygen atoms in total. The third-order valence-electron chi connectivity index (χ3n) is 3.44. The Bertz CT molecular complexity index is 470. The molecule has 1 aromatic heterocycles. The molecule has 0 radical (unpaired) electrons. The topological polar surface area (TPSA) is 62.2 Å². The van der Waals surface area contributed by atoms with E-state index in [4.69, 9.17) is 0 Å². The molecule has 0 bridgehead atoms. The van der Waals surface area contributed by atoms with Gasteiger partial charge in [-0.05, 0) is 33.1 Å². The van der Waals surface area contributed by atoms with E-state index in [0.29, 0.717) is 11.4 Å². The Morgan fingerprint density at radius 3 is 2.58 bits per heavy atom. The molecule has 106 valence electrons. The molecule has 1 aliphatic carbocycles. The van der Waals surface area contributed by atoms with Gasteiger partial charge in [0, 0.05) is 11.6 Å². The Kier molecular flexibility index (Phi) is 3.38. The monoisotopic (exact) mass is 290 g/mol. The highest BCUT2D eigenvalue weighted by Crippen LogP contribution is 2.44. The van der Waals surface area contributed by atoms with E-state index in [9.17, 15) is 18.7 Å². The number of hydrogen-bond acceptors (Lipinski definition) is 4. The van der Waals surface area contributed by atoms with E-state index >= 15 is 0 Å². The van der Waals surface area contributed by atoms with Crippen LogP contribution >= 0.6 is 11.3 Å². The van der Waals surface area contributed by atoms with Gasteiger partial charge in [-0.25, -0.2) is 4.98 Å². The highest BCUT2D eigenvalue weighted by atomic mass is 32.1. The van der Waals surface area contributed by atoms with Crippen molar-refractivity contribution < 1.29 is 18.7 Å². The van der Waals surface area contributed by atoms with Crippen molar-refractivity contribution in [2.24, 2.45) is 0 Å². The molecule has 0 spiro atoms. The zero-order valence-corrected chi connectivity index (χ0v) is 11.6. The predicted octanol–water partition coefficient (Wildman–Crippen LogP) is 2.04. The van der Waals surface area contributed by atoms with E-state index in [0.717, 1.165) is 0 Å². The van der Waals surface area contributed by atoms with Crippen LogP contribution in [0.5, 0.6) is 0 Å². The van der Waals surface area contributed by atoms with Crippen molar-refractivity contribution >= 4 is 17.2 Å². The highest BCUT2D eigenvalue weighted by Gasteiger charge is 2.61. The first-order valence-corrected chi connectivity index (χ1v) is 6.90. The summed E-state index contributed by atoms with van der Waals surface area (Å²) in [6, 6.07) is 0. The lowest BCUT2D eigenvalue weighted by molar-refractivity contribution is -0.217. The van der Waals surface area contributed by atoms with Gasteiger partial charge in [0.15, 0.2) is 0 Å². The van der Waals surface area contributed by atoms with Gasteiger partial charge in [-0.15, -0.1) is 11.3 Å². The third-order valence-corrected chi connectivity index (χ3v) is 4.54. The van der Waals surface area contributed by atoms with Crippen molar-refractivity contribution in [3.8, 4) is 0 Å². The second kappa shape index (κ2) is 4.49. The molecule has 1 aliphatic rings. The summed E-state index contributed by atoms with van der Waals surface area (Å²) in [7, 11) is 0. The van der Waals surface area contributed by atoms with Crippen molar-refractivity contribution in [3.63, 3.8) is 0 Å². The molecule has 0 unspecified atom stereocenters. The number of halogens is 2. The van der Waals surface area contributed by atoms with Crippen LogP contribution in [0.2, 0.25) is 0 Å². The smallest absolute Gasteiger partial charge is 0.352 e. The normalized spacial score (nSPS) is 18.8. The molecular formula is C12H16F2N2O2S. The Labute approximate surface area is 113 Å². The maximum atomic E-state index is 13.9. The summed E-state index contributed by atoms with van der Waals surface area (Å²) < 4.78 is 27.9. The quantitative estimate of drug-likeness (QED) is 0.892. The van der Waals surface area contributed by atoms with Crippen LogP contribution in [-0.4, -0.2) is 27.5 Å². The second-order valence-corrected chi connectivity index (χ2v) is 6.27. The van der Waals surface area contributed by atoms with Gasteiger partial charge in [-0.3, -0.25) is 4.79 Å². The standard InChI is InChI=1S/C12H16F2N2O2S/c1-10(2,9-15-6-7-19-9)16-8(17)12(13,14)11(18)4-3-5-11/h6-7,18H,3-5H2,1-2H3,(H,16,17). The molecule has 7 heteroatoms. The lowest BCUT2D eigenvalue weighted by atomic mass is 9.75. The van der Waals surface area contributed by atoms with E-state index < -0.39 is 23.0 Å². The van der Waals surface area contributed by atoms with Gasteiger partial charge >= 0.3 is 5.92 Å². The molecule has 1 saturated carbocycles. The summed E-state index contributed by atoms with van der Waals surface area (Å²) in [6.45, 7) is 3.20. The average molecular weight is 290 g/mol. The maximum Gasteiger partial charge on any atom is 0.352 e. The van der Waals surface area contributed by atoms with Gasteiger partial charge in [-0.1, -0.05) is 0 Å². The number of aromatic nitrogens is 1. The first kappa shape index (κ1) is 14.3. The Hall–Kier alpha value is -1.08. The van der Waals surface area contributed by atoms with E-state index in [-0.39, 0.29) is 12.8 Å². The average Bonchev–Trinajstić information content (AvgIpc) is 2.78. The fourth-order valence-electron chi connectivity index (χ4n) is 1.98. The summed E-state index contributed by atoms with van der Waals surface area (Å²) in [5, 5.41) is 14.2. The zero-order chi connectivity index (χ0) is 14.3. The largest absolute Gasteiger partial charge is 0.383 e. The molecular weight excluding hydrogens is 274 g/mol. The third kappa shape index (κ3) is 2.36. The Morgan fingerprint density at radius 2 is 2.16 bits per heavy atom. The number of carbonyl (C=O) groups excluding carboxylic acids is 1. The zero-order valence-electron chi connectivity index (χ0n) is 10.7. The van der Waals surface area contributed by atoms with Crippen LogP contribution < -0.4 is 5.32 Å². The van der Waals surface area contributed by atoms with Gasteiger partial charge < -0.3 is 10.4 Å². The van der Waals surface area contributed by atoms with Crippen molar-refractivity contribution in [2.45, 2.75) is 50.2 Å². The van der Waals surface area contributed by atoms with Crippen molar-refractivity contribution in [1.29, 1.82) is 0 Å². The molecule has 19 heavy (non-hydrogen) atoms. The summed E-state index contributed by atoms with van der Waals surface area (Å²) in [4.78, 5) is 15.8. The molecule has 1 amide bonds.